The van der Waals surface area contributed by atoms with Gasteiger partial charge in [0.1, 0.15) is 29.7 Å². The number of aryl methyl sites for hydroxylation is 1. The van der Waals surface area contributed by atoms with Gasteiger partial charge in [-0.1, -0.05) is 32.0 Å². The second kappa shape index (κ2) is 13.4. The summed E-state index contributed by atoms with van der Waals surface area (Å²) >= 11 is 1.41. The zero-order chi connectivity index (χ0) is 28.6. The number of imidazole rings is 1. The molecule has 0 aliphatic heterocycles. The first-order chi connectivity index (χ1) is 19.3. The highest BCUT2D eigenvalue weighted by atomic mass is 32.2. The summed E-state index contributed by atoms with van der Waals surface area (Å²) in [7, 11) is 4.06. The summed E-state index contributed by atoms with van der Waals surface area (Å²) in [6, 6.07) is 21.6. The Hall–Kier alpha value is -3.98. The van der Waals surface area contributed by atoms with Crippen LogP contribution in [0.25, 0.3) is 11.0 Å². The lowest BCUT2D eigenvalue weighted by Gasteiger charge is -2.22. The van der Waals surface area contributed by atoms with Crippen molar-refractivity contribution in [2.24, 2.45) is 13.0 Å². The first-order valence-electron chi connectivity index (χ1n) is 13.2. The first kappa shape index (κ1) is 29.0. The standard InChI is InChI=1S/C31H36N4O4S/c1-21(2)18-34(3)23-7-6-8-25(16-23)39-26-13-14-27-28(17-26)35(4)30(33-27)19-38-24-11-9-22(10-12-24)15-29(40-5)31(37)32-20-36/h6-14,16-17,20-21,29H,15,18-19H2,1-5H3,(H,32,36,37). The van der Waals surface area contributed by atoms with E-state index in [1.165, 1.54) is 11.8 Å². The Bertz CT molecular complexity index is 1450. The van der Waals surface area contributed by atoms with E-state index < -0.39 is 0 Å². The number of rotatable bonds is 13. The number of nitrogens with one attached hydrogen (secondary N) is 1. The van der Waals surface area contributed by atoms with Crippen molar-refractivity contribution in [2.75, 3.05) is 24.7 Å². The molecule has 1 atom stereocenters. The van der Waals surface area contributed by atoms with Crippen LogP contribution >= 0.6 is 11.8 Å². The minimum Gasteiger partial charge on any atom is -0.486 e. The summed E-state index contributed by atoms with van der Waals surface area (Å²) in [6.07, 6.45) is 2.79. The molecule has 8 nitrogen and oxygen atoms in total. The molecule has 1 heterocycles. The molecule has 0 aliphatic rings. The van der Waals surface area contributed by atoms with Gasteiger partial charge in [0.15, 0.2) is 0 Å². The molecule has 4 rings (SSSR count). The number of imide groups is 1. The number of ether oxygens (including phenoxy) is 2. The molecular weight excluding hydrogens is 524 g/mol. The second-order valence-corrected chi connectivity index (χ2v) is 11.1. The van der Waals surface area contributed by atoms with Gasteiger partial charge in [-0.2, -0.15) is 11.8 Å². The molecule has 9 heteroatoms. The molecule has 0 saturated carbocycles. The minimum atomic E-state index is -0.332. The van der Waals surface area contributed by atoms with Gasteiger partial charge >= 0.3 is 0 Å². The zero-order valence-electron chi connectivity index (χ0n) is 23.6. The lowest BCUT2D eigenvalue weighted by molar-refractivity contribution is -0.124. The van der Waals surface area contributed by atoms with Crippen LogP contribution in [-0.2, 0) is 29.7 Å². The van der Waals surface area contributed by atoms with E-state index in [0.29, 0.717) is 31.1 Å². The smallest absolute Gasteiger partial charge is 0.239 e. The SMILES string of the molecule is CSC(Cc1ccc(OCc2nc3ccc(Oc4cccc(N(C)CC(C)C)c4)cc3n2C)cc1)C(=O)NC=O. The fraction of sp³-hybridized carbons (Fsp3) is 0.323. The molecule has 0 bridgehead atoms. The van der Waals surface area contributed by atoms with Crippen molar-refractivity contribution in [3.8, 4) is 17.2 Å². The summed E-state index contributed by atoms with van der Waals surface area (Å²) < 4.78 is 14.2. The number of hydrogen-bond donors (Lipinski definition) is 1. The van der Waals surface area contributed by atoms with E-state index >= 15 is 0 Å². The van der Waals surface area contributed by atoms with Crippen LogP contribution in [-0.4, -0.2) is 47.0 Å². The Morgan fingerprint density at radius 1 is 1.07 bits per heavy atom. The minimum absolute atomic E-state index is 0.291. The molecule has 1 unspecified atom stereocenters. The molecule has 4 aromatic rings. The maximum atomic E-state index is 12.0. The third-order valence-corrected chi connectivity index (χ3v) is 7.52. The van der Waals surface area contributed by atoms with E-state index in [1.54, 1.807) is 0 Å². The van der Waals surface area contributed by atoms with Gasteiger partial charge in [-0.15, -0.1) is 0 Å². The van der Waals surface area contributed by atoms with Crippen molar-refractivity contribution in [1.82, 2.24) is 14.9 Å². The number of nitrogens with zero attached hydrogens (tertiary/aromatic N) is 3. The predicted molar refractivity (Wildman–Crippen MR) is 161 cm³/mol. The molecule has 40 heavy (non-hydrogen) atoms. The molecule has 1 N–H and O–H groups in total. The van der Waals surface area contributed by atoms with Crippen LogP contribution in [0.4, 0.5) is 5.69 Å². The molecule has 0 saturated heterocycles. The largest absolute Gasteiger partial charge is 0.486 e. The van der Waals surface area contributed by atoms with Gasteiger partial charge in [0, 0.05) is 38.5 Å². The maximum Gasteiger partial charge on any atom is 0.239 e. The summed E-state index contributed by atoms with van der Waals surface area (Å²) in [5, 5.41) is 1.89. The number of hydrogen-bond acceptors (Lipinski definition) is 7. The summed E-state index contributed by atoms with van der Waals surface area (Å²) in [6.45, 7) is 5.69. The zero-order valence-corrected chi connectivity index (χ0v) is 24.4. The fourth-order valence-corrected chi connectivity index (χ4v) is 5.14. The maximum absolute atomic E-state index is 12.0. The monoisotopic (exact) mass is 560 g/mol. The van der Waals surface area contributed by atoms with Crippen molar-refractivity contribution in [1.29, 1.82) is 0 Å². The lowest BCUT2D eigenvalue weighted by Crippen LogP contribution is -2.32. The molecular formula is C31H36N4O4S. The quantitative estimate of drug-likeness (QED) is 0.214. The number of amides is 2. The van der Waals surface area contributed by atoms with Crippen LogP contribution in [0, 0.1) is 5.92 Å². The van der Waals surface area contributed by atoms with Crippen molar-refractivity contribution in [2.45, 2.75) is 32.1 Å². The van der Waals surface area contributed by atoms with E-state index in [4.69, 9.17) is 14.5 Å². The van der Waals surface area contributed by atoms with Gasteiger partial charge in [0.2, 0.25) is 12.3 Å². The van der Waals surface area contributed by atoms with Gasteiger partial charge in [0.25, 0.3) is 0 Å². The predicted octanol–water partition coefficient (Wildman–Crippen LogP) is 5.58. The third kappa shape index (κ3) is 7.35. The Kier molecular flexibility index (Phi) is 9.71. The number of thioether (sulfide) groups is 1. The number of anilines is 1. The Labute approximate surface area is 239 Å². The summed E-state index contributed by atoms with van der Waals surface area (Å²) in [4.78, 5) is 29.5. The van der Waals surface area contributed by atoms with Crippen LogP contribution in [0.3, 0.4) is 0 Å². The molecule has 0 aliphatic carbocycles. The number of benzene rings is 3. The summed E-state index contributed by atoms with van der Waals surface area (Å²) in [5.74, 6) is 3.31. The number of fused-ring (bicyclic) bond motifs is 1. The van der Waals surface area contributed by atoms with E-state index in [9.17, 15) is 9.59 Å². The Morgan fingerprint density at radius 3 is 2.50 bits per heavy atom. The molecule has 0 fully saturated rings. The number of carbonyl (C=O) groups is 2. The lowest BCUT2D eigenvalue weighted by atomic mass is 10.1. The molecule has 0 radical (unpaired) electrons. The Balaban J connectivity index is 1.40. The summed E-state index contributed by atoms with van der Waals surface area (Å²) in [5.41, 5.74) is 3.93. The highest BCUT2D eigenvalue weighted by Crippen LogP contribution is 2.29. The van der Waals surface area contributed by atoms with Gasteiger partial charge in [-0.05, 0) is 60.6 Å². The van der Waals surface area contributed by atoms with Gasteiger partial charge in [-0.25, -0.2) is 4.98 Å². The van der Waals surface area contributed by atoms with Crippen molar-refractivity contribution >= 4 is 40.8 Å². The van der Waals surface area contributed by atoms with E-state index in [-0.39, 0.29) is 11.2 Å². The van der Waals surface area contributed by atoms with E-state index in [0.717, 1.165) is 46.2 Å². The second-order valence-electron chi connectivity index (χ2n) is 10.1. The number of aromatic nitrogens is 2. The average molecular weight is 561 g/mol. The third-order valence-electron chi connectivity index (χ3n) is 6.57. The van der Waals surface area contributed by atoms with Crippen LogP contribution in [0.15, 0.2) is 66.7 Å². The molecule has 0 spiro atoms. The van der Waals surface area contributed by atoms with Crippen LogP contribution in [0.2, 0.25) is 0 Å². The Morgan fingerprint density at radius 2 is 1.80 bits per heavy atom. The molecule has 1 aromatic heterocycles. The first-order valence-corrected chi connectivity index (χ1v) is 14.5. The topological polar surface area (TPSA) is 85.7 Å². The van der Waals surface area contributed by atoms with E-state index in [2.05, 4.69) is 43.2 Å². The highest BCUT2D eigenvalue weighted by Gasteiger charge is 2.17. The number of carbonyl (C=O) groups excluding carboxylic acids is 2. The van der Waals surface area contributed by atoms with Crippen LogP contribution in [0.5, 0.6) is 17.2 Å². The van der Waals surface area contributed by atoms with Crippen LogP contribution < -0.4 is 19.7 Å². The van der Waals surface area contributed by atoms with Gasteiger partial charge < -0.3 is 18.9 Å². The fourth-order valence-electron chi connectivity index (χ4n) is 4.50. The van der Waals surface area contributed by atoms with Crippen LogP contribution in [0.1, 0.15) is 25.2 Å². The van der Waals surface area contributed by atoms with E-state index in [1.807, 2.05) is 72.5 Å². The van der Waals surface area contributed by atoms with Crippen molar-refractivity contribution in [3.63, 3.8) is 0 Å². The van der Waals surface area contributed by atoms with Gasteiger partial charge in [0.05, 0.1) is 16.3 Å². The average Bonchev–Trinajstić information content (AvgIpc) is 3.25. The van der Waals surface area contributed by atoms with Crippen molar-refractivity contribution in [3.05, 3.63) is 78.1 Å². The highest BCUT2D eigenvalue weighted by molar-refractivity contribution is 7.99. The van der Waals surface area contributed by atoms with Crippen molar-refractivity contribution < 1.29 is 19.1 Å². The molecule has 3 aromatic carbocycles. The molecule has 210 valence electrons. The molecule has 2 amide bonds. The normalized spacial score (nSPS) is 11.8. The van der Waals surface area contributed by atoms with Gasteiger partial charge in [-0.3, -0.25) is 14.9 Å².